The number of hydrogen-bond acceptors (Lipinski definition) is 5. The van der Waals surface area contributed by atoms with Gasteiger partial charge in [-0.2, -0.15) is 0 Å². The molecule has 128 valence electrons. The molecule has 0 bridgehead atoms. The highest BCUT2D eigenvalue weighted by Gasteiger charge is 2.11. The van der Waals surface area contributed by atoms with Gasteiger partial charge in [0.15, 0.2) is 11.5 Å². The molecule has 0 aliphatic rings. The van der Waals surface area contributed by atoms with Crippen molar-refractivity contribution in [3.8, 4) is 11.5 Å². The van der Waals surface area contributed by atoms with Crippen LogP contribution in [0.1, 0.15) is 23.2 Å². The van der Waals surface area contributed by atoms with Gasteiger partial charge in [-0.05, 0) is 37.6 Å². The predicted molar refractivity (Wildman–Crippen MR) is 96.5 cm³/mol. The molecule has 0 N–H and O–H groups in total. The van der Waals surface area contributed by atoms with E-state index in [1.165, 1.54) is 0 Å². The first kappa shape index (κ1) is 18.0. The normalized spacial score (nSPS) is 10.8. The molecule has 6 heteroatoms. The Labute approximate surface area is 146 Å². The number of aromatic nitrogens is 1. The highest BCUT2D eigenvalue weighted by Crippen LogP contribution is 2.28. The zero-order valence-electron chi connectivity index (χ0n) is 14.4. The van der Waals surface area contributed by atoms with Gasteiger partial charge in [0.25, 0.3) is 0 Å². The van der Waals surface area contributed by atoms with Crippen LogP contribution in [0.2, 0.25) is 0 Å². The minimum Gasteiger partial charge on any atom is -0.493 e. The van der Waals surface area contributed by atoms with Crippen molar-refractivity contribution in [3.63, 3.8) is 0 Å². The maximum Gasteiger partial charge on any atom is 0.246 e. The Morgan fingerprint density at radius 3 is 2.62 bits per heavy atom. The number of carbonyl (C=O) groups excluding carboxylic acids is 1. The summed E-state index contributed by atoms with van der Waals surface area (Å²) in [6, 6.07) is 5.67. The monoisotopic (exact) mass is 346 g/mol. The lowest BCUT2D eigenvalue weighted by Gasteiger charge is -2.20. The van der Waals surface area contributed by atoms with Crippen LogP contribution in [-0.4, -0.2) is 36.6 Å². The summed E-state index contributed by atoms with van der Waals surface area (Å²) in [4.78, 5) is 18.5. The number of rotatable bonds is 7. The van der Waals surface area contributed by atoms with Crippen LogP contribution in [0.4, 0.5) is 0 Å². The van der Waals surface area contributed by atoms with Crippen LogP contribution in [0.15, 0.2) is 29.7 Å². The molecule has 0 aliphatic carbocycles. The number of carbonyl (C=O) groups is 1. The molecule has 0 spiro atoms. The number of benzene rings is 1. The number of hydrogen-bond donors (Lipinski definition) is 0. The van der Waals surface area contributed by atoms with Crippen LogP contribution in [0.5, 0.6) is 11.5 Å². The average Bonchev–Trinajstić information content (AvgIpc) is 3.02. The molecule has 0 aliphatic heterocycles. The zero-order chi connectivity index (χ0) is 17.5. The van der Waals surface area contributed by atoms with Gasteiger partial charge in [0.05, 0.1) is 24.9 Å². The summed E-state index contributed by atoms with van der Waals surface area (Å²) >= 11 is 1.57. The van der Waals surface area contributed by atoms with Crippen molar-refractivity contribution in [2.45, 2.75) is 20.4 Å². The molecule has 5 nitrogen and oxygen atoms in total. The number of likely N-dealkylation sites (N-methyl/N-ethyl adjacent to an activating group) is 1. The van der Waals surface area contributed by atoms with E-state index in [1.54, 1.807) is 42.6 Å². The average molecular weight is 346 g/mol. The Hall–Kier alpha value is -2.34. The molecule has 1 aromatic heterocycles. The summed E-state index contributed by atoms with van der Waals surface area (Å²) in [6.45, 7) is 5.03. The molecule has 1 aromatic carbocycles. The molecule has 2 aromatic rings. The molecule has 0 radical (unpaired) electrons. The first-order chi connectivity index (χ1) is 11.6. The lowest BCUT2D eigenvalue weighted by Crippen LogP contribution is -2.28. The van der Waals surface area contributed by atoms with Crippen molar-refractivity contribution in [1.29, 1.82) is 0 Å². The first-order valence-electron chi connectivity index (χ1n) is 7.67. The maximum atomic E-state index is 12.4. The highest BCUT2D eigenvalue weighted by molar-refractivity contribution is 7.09. The summed E-state index contributed by atoms with van der Waals surface area (Å²) in [6.07, 6.45) is 3.32. The first-order valence-corrected chi connectivity index (χ1v) is 8.55. The Kier molecular flexibility index (Phi) is 6.37. The van der Waals surface area contributed by atoms with E-state index in [-0.39, 0.29) is 5.91 Å². The Morgan fingerprint density at radius 1 is 1.29 bits per heavy atom. The number of aryl methyl sites for hydroxylation is 1. The molecule has 24 heavy (non-hydrogen) atoms. The fraction of sp³-hybridized carbons (Fsp3) is 0.333. The van der Waals surface area contributed by atoms with Crippen molar-refractivity contribution >= 4 is 23.3 Å². The quantitative estimate of drug-likeness (QED) is 0.720. The van der Waals surface area contributed by atoms with Crippen molar-refractivity contribution < 1.29 is 14.3 Å². The number of nitrogens with zero attached hydrogens (tertiary/aromatic N) is 2. The summed E-state index contributed by atoms with van der Waals surface area (Å²) in [5, 5.41) is 2.92. The largest absolute Gasteiger partial charge is 0.493 e. The second-order valence-corrected chi connectivity index (χ2v) is 6.23. The summed E-state index contributed by atoms with van der Waals surface area (Å²) < 4.78 is 10.5. The van der Waals surface area contributed by atoms with E-state index in [4.69, 9.17) is 9.47 Å². The van der Waals surface area contributed by atoms with Gasteiger partial charge in [-0.25, -0.2) is 4.98 Å². The lowest BCUT2D eigenvalue weighted by atomic mass is 10.2. The van der Waals surface area contributed by atoms with Gasteiger partial charge in [0.1, 0.15) is 0 Å². The van der Waals surface area contributed by atoms with Crippen LogP contribution in [0.25, 0.3) is 6.08 Å². The Morgan fingerprint density at radius 2 is 2.04 bits per heavy atom. The summed E-state index contributed by atoms with van der Waals surface area (Å²) in [5.74, 6) is 1.29. The number of methoxy groups -OCH3 is 2. The third kappa shape index (κ3) is 4.58. The van der Waals surface area contributed by atoms with Gasteiger partial charge >= 0.3 is 0 Å². The van der Waals surface area contributed by atoms with Crippen LogP contribution in [0.3, 0.4) is 0 Å². The van der Waals surface area contributed by atoms with E-state index in [2.05, 4.69) is 4.98 Å². The van der Waals surface area contributed by atoms with Gasteiger partial charge in [-0.3, -0.25) is 4.79 Å². The molecule has 1 heterocycles. The third-order valence-corrected chi connectivity index (χ3v) is 4.34. The van der Waals surface area contributed by atoms with Crippen LogP contribution in [0, 0.1) is 6.92 Å². The Balaban J connectivity index is 2.08. The molecule has 0 atom stereocenters. The van der Waals surface area contributed by atoms with Crippen LogP contribution < -0.4 is 9.47 Å². The smallest absolute Gasteiger partial charge is 0.246 e. The van der Waals surface area contributed by atoms with Crippen molar-refractivity contribution in [1.82, 2.24) is 9.88 Å². The van der Waals surface area contributed by atoms with Crippen molar-refractivity contribution in [3.05, 3.63) is 45.9 Å². The van der Waals surface area contributed by atoms with E-state index in [1.807, 2.05) is 37.4 Å². The highest BCUT2D eigenvalue weighted by atomic mass is 32.1. The molecule has 1 amide bonds. The van der Waals surface area contributed by atoms with Crippen molar-refractivity contribution in [2.24, 2.45) is 0 Å². The van der Waals surface area contributed by atoms with Crippen LogP contribution in [-0.2, 0) is 11.3 Å². The molecule has 2 rings (SSSR count). The molecule has 0 saturated heterocycles. The molecule has 0 saturated carbocycles. The minimum atomic E-state index is -0.0436. The standard InChI is InChI=1S/C18H22N2O3S/c1-5-20(18(21)9-7-15-12-24-13(2)19-15)11-14-6-8-16(22-3)17(10-14)23-4/h6-10,12H,5,11H2,1-4H3/b9-7+. The van der Waals surface area contributed by atoms with Gasteiger partial charge in [0, 0.05) is 24.5 Å². The fourth-order valence-corrected chi connectivity index (χ4v) is 2.84. The second-order valence-electron chi connectivity index (χ2n) is 5.17. The third-order valence-electron chi connectivity index (χ3n) is 3.55. The van der Waals surface area contributed by atoms with Gasteiger partial charge in [-0.1, -0.05) is 6.07 Å². The fourth-order valence-electron chi connectivity index (χ4n) is 2.26. The van der Waals surface area contributed by atoms with Crippen LogP contribution >= 0.6 is 11.3 Å². The van der Waals surface area contributed by atoms with Crippen molar-refractivity contribution in [2.75, 3.05) is 20.8 Å². The zero-order valence-corrected chi connectivity index (χ0v) is 15.2. The lowest BCUT2D eigenvalue weighted by molar-refractivity contribution is -0.126. The molecule has 0 fully saturated rings. The second kappa shape index (κ2) is 8.49. The van der Waals surface area contributed by atoms with E-state index in [0.717, 1.165) is 16.3 Å². The van der Waals surface area contributed by atoms with Gasteiger partial charge in [-0.15, -0.1) is 11.3 Å². The van der Waals surface area contributed by atoms with E-state index in [9.17, 15) is 4.79 Å². The molecule has 0 unspecified atom stereocenters. The molecular weight excluding hydrogens is 324 g/mol. The topological polar surface area (TPSA) is 51.7 Å². The SMILES string of the molecule is CCN(Cc1ccc(OC)c(OC)c1)C(=O)/C=C/c1csc(C)n1. The number of amides is 1. The van der Waals surface area contributed by atoms with E-state index < -0.39 is 0 Å². The van der Waals surface area contributed by atoms with E-state index in [0.29, 0.717) is 24.6 Å². The van der Waals surface area contributed by atoms with E-state index >= 15 is 0 Å². The summed E-state index contributed by atoms with van der Waals surface area (Å²) in [5.41, 5.74) is 1.80. The number of ether oxygens (including phenoxy) is 2. The predicted octanol–water partition coefficient (Wildman–Crippen LogP) is 3.53. The maximum absolute atomic E-state index is 12.4. The minimum absolute atomic E-state index is 0.0436. The van der Waals surface area contributed by atoms with Gasteiger partial charge in [0.2, 0.25) is 5.91 Å². The molecular formula is C18H22N2O3S. The van der Waals surface area contributed by atoms with Gasteiger partial charge < -0.3 is 14.4 Å². The summed E-state index contributed by atoms with van der Waals surface area (Å²) in [7, 11) is 3.20. The Bertz CT molecular complexity index is 725. The number of thiazole rings is 1.